The fourth-order valence-corrected chi connectivity index (χ4v) is 2.84. The average molecular weight is 287 g/mol. The predicted octanol–water partition coefficient (Wildman–Crippen LogP) is 2.03. The second-order valence-electron chi connectivity index (χ2n) is 5.37. The molecule has 0 spiro atoms. The van der Waals surface area contributed by atoms with Crippen molar-refractivity contribution in [2.45, 2.75) is 31.7 Å². The Morgan fingerprint density at radius 1 is 1.29 bits per heavy atom. The Morgan fingerprint density at radius 2 is 2.14 bits per heavy atom. The van der Waals surface area contributed by atoms with E-state index in [0.29, 0.717) is 18.5 Å². The van der Waals surface area contributed by atoms with Crippen LogP contribution in [-0.2, 0) is 4.79 Å². The number of carboxylic acids is 1. The van der Waals surface area contributed by atoms with Gasteiger partial charge in [0, 0.05) is 17.5 Å². The van der Waals surface area contributed by atoms with Crippen LogP contribution < -0.4 is 0 Å². The summed E-state index contributed by atoms with van der Waals surface area (Å²) >= 11 is 0. The molecule has 6 heteroatoms. The molecule has 2 heterocycles. The number of carbonyl (C=O) groups is 2. The van der Waals surface area contributed by atoms with Crippen LogP contribution in [0.4, 0.5) is 0 Å². The van der Waals surface area contributed by atoms with E-state index in [2.05, 4.69) is 10.2 Å². The number of aliphatic carboxylic acids is 1. The first-order valence-corrected chi connectivity index (χ1v) is 7.14. The highest BCUT2D eigenvalue weighted by molar-refractivity contribution is 5.99. The second kappa shape index (κ2) is 5.55. The summed E-state index contributed by atoms with van der Waals surface area (Å²) in [4.78, 5) is 25.6. The first-order chi connectivity index (χ1) is 10.2. The van der Waals surface area contributed by atoms with E-state index in [-0.39, 0.29) is 5.91 Å². The molecule has 1 fully saturated rings. The summed E-state index contributed by atoms with van der Waals surface area (Å²) in [5.41, 5.74) is 1.28. The Bertz CT molecular complexity index is 680. The molecular weight excluding hydrogens is 270 g/mol. The zero-order valence-electron chi connectivity index (χ0n) is 11.6. The maximum atomic E-state index is 12.7. The van der Waals surface area contributed by atoms with Crippen LogP contribution in [0.25, 0.3) is 10.9 Å². The minimum absolute atomic E-state index is 0.221. The molecule has 6 nitrogen and oxygen atoms in total. The molecule has 1 aromatic carbocycles. The fourth-order valence-electron chi connectivity index (χ4n) is 2.84. The molecule has 1 aliphatic heterocycles. The summed E-state index contributed by atoms with van der Waals surface area (Å²) in [7, 11) is 0. The van der Waals surface area contributed by atoms with Gasteiger partial charge in [-0.1, -0.05) is 18.9 Å². The molecule has 0 radical (unpaired) electrons. The van der Waals surface area contributed by atoms with Crippen molar-refractivity contribution in [3.05, 3.63) is 30.0 Å². The molecule has 1 amide bonds. The number of amides is 1. The lowest BCUT2D eigenvalue weighted by Crippen LogP contribution is -2.44. The number of H-pyrrole nitrogens is 1. The van der Waals surface area contributed by atoms with Crippen molar-refractivity contribution in [3.63, 3.8) is 0 Å². The number of rotatable bonds is 2. The Kier molecular flexibility index (Phi) is 3.60. The smallest absolute Gasteiger partial charge is 0.326 e. The van der Waals surface area contributed by atoms with Gasteiger partial charge in [-0.15, -0.1) is 0 Å². The molecule has 1 aromatic heterocycles. The molecule has 0 saturated carbocycles. The van der Waals surface area contributed by atoms with Gasteiger partial charge < -0.3 is 10.0 Å². The highest BCUT2D eigenvalue weighted by atomic mass is 16.4. The third-order valence-corrected chi connectivity index (χ3v) is 3.99. The van der Waals surface area contributed by atoms with Crippen molar-refractivity contribution in [1.29, 1.82) is 0 Å². The molecule has 0 aliphatic carbocycles. The van der Waals surface area contributed by atoms with E-state index in [4.69, 9.17) is 0 Å². The van der Waals surface area contributed by atoms with Crippen LogP contribution in [0.3, 0.4) is 0 Å². The number of benzene rings is 1. The molecule has 0 bridgehead atoms. The monoisotopic (exact) mass is 287 g/mol. The van der Waals surface area contributed by atoms with E-state index in [1.165, 1.54) is 4.90 Å². The quantitative estimate of drug-likeness (QED) is 0.885. The van der Waals surface area contributed by atoms with Gasteiger partial charge in [0.15, 0.2) is 0 Å². The molecule has 2 N–H and O–H groups in total. The number of nitrogens with one attached hydrogen (secondary N) is 1. The SMILES string of the molecule is O=C(O)C1CCCCCN1C(=O)c1ccc2cn[nH]c2c1. The summed E-state index contributed by atoms with van der Waals surface area (Å²) in [5.74, 6) is -1.14. The van der Waals surface area contributed by atoms with Gasteiger partial charge in [0.25, 0.3) is 5.91 Å². The van der Waals surface area contributed by atoms with Gasteiger partial charge in [-0.25, -0.2) is 4.79 Å². The standard InChI is InChI=1S/C15H17N3O3/c19-14(10-5-6-11-9-16-17-12(11)8-10)18-7-3-1-2-4-13(18)15(20)21/h5-6,8-9,13H,1-4,7H2,(H,16,17)(H,20,21). The number of carbonyl (C=O) groups excluding carboxylic acids is 1. The lowest BCUT2D eigenvalue weighted by molar-refractivity contribution is -0.142. The molecule has 1 aliphatic rings. The highest BCUT2D eigenvalue weighted by Gasteiger charge is 2.31. The van der Waals surface area contributed by atoms with Gasteiger partial charge in [0.05, 0.1) is 11.7 Å². The molecular formula is C15H17N3O3. The average Bonchev–Trinajstić information content (AvgIpc) is 2.80. The number of carboxylic acid groups (broad SMARTS) is 1. The fraction of sp³-hybridized carbons (Fsp3) is 0.400. The second-order valence-corrected chi connectivity index (χ2v) is 5.37. The lowest BCUT2D eigenvalue weighted by atomic mass is 10.1. The number of aromatic amines is 1. The first kappa shape index (κ1) is 13.6. The van der Waals surface area contributed by atoms with Crippen molar-refractivity contribution in [2.75, 3.05) is 6.54 Å². The Labute approximate surface area is 121 Å². The zero-order chi connectivity index (χ0) is 14.8. The van der Waals surface area contributed by atoms with Crippen LogP contribution in [0, 0.1) is 0 Å². The summed E-state index contributed by atoms with van der Waals surface area (Å²) < 4.78 is 0. The number of hydrogen-bond acceptors (Lipinski definition) is 3. The maximum absolute atomic E-state index is 12.7. The van der Waals surface area contributed by atoms with Crippen LogP contribution >= 0.6 is 0 Å². The van der Waals surface area contributed by atoms with Crippen molar-refractivity contribution in [3.8, 4) is 0 Å². The molecule has 110 valence electrons. The van der Waals surface area contributed by atoms with Gasteiger partial charge in [-0.2, -0.15) is 5.10 Å². The van der Waals surface area contributed by atoms with Gasteiger partial charge in [0.2, 0.25) is 0 Å². The van der Waals surface area contributed by atoms with Crippen LogP contribution in [0.2, 0.25) is 0 Å². The van der Waals surface area contributed by atoms with Gasteiger partial charge >= 0.3 is 5.97 Å². The third-order valence-electron chi connectivity index (χ3n) is 3.99. The van der Waals surface area contributed by atoms with Crippen LogP contribution in [0.5, 0.6) is 0 Å². The predicted molar refractivity (Wildman–Crippen MR) is 77.0 cm³/mol. The largest absolute Gasteiger partial charge is 0.480 e. The zero-order valence-corrected chi connectivity index (χ0v) is 11.6. The van der Waals surface area contributed by atoms with Gasteiger partial charge in [-0.05, 0) is 25.0 Å². The van der Waals surface area contributed by atoms with Crippen molar-refractivity contribution < 1.29 is 14.7 Å². The van der Waals surface area contributed by atoms with E-state index >= 15 is 0 Å². The van der Waals surface area contributed by atoms with Gasteiger partial charge in [-0.3, -0.25) is 9.89 Å². The van der Waals surface area contributed by atoms with E-state index < -0.39 is 12.0 Å². The van der Waals surface area contributed by atoms with Crippen LogP contribution in [0.15, 0.2) is 24.4 Å². The maximum Gasteiger partial charge on any atom is 0.326 e. The number of nitrogens with zero attached hydrogens (tertiary/aromatic N) is 2. The normalized spacial score (nSPS) is 19.4. The molecule has 3 rings (SSSR count). The van der Waals surface area contributed by atoms with E-state index in [1.807, 2.05) is 6.07 Å². The Balaban J connectivity index is 1.92. The van der Waals surface area contributed by atoms with Crippen molar-refractivity contribution >= 4 is 22.8 Å². The molecule has 1 atom stereocenters. The van der Waals surface area contributed by atoms with E-state index in [1.54, 1.807) is 18.3 Å². The third kappa shape index (κ3) is 2.61. The van der Waals surface area contributed by atoms with E-state index in [0.717, 1.165) is 30.2 Å². The van der Waals surface area contributed by atoms with Crippen LogP contribution in [-0.4, -0.2) is 44.7 Å². The highest BCUT2D eigenvalue weighted by Crippen LogP contribution is 2.21. The first-order valence-electron chi connectivity index (χ1n) is 7.14. The minimum atomic E-state index is -0.923. The summed E-state index contributed by atoms with van der Waals surface area (Å²) in [6, 6.07) is 4.55. The van der Waals surface area contributed by atoms with Gasteiger partial charge in [0.1, 0.15) is 6.04 Å². The number of likely N-dealkylation sites (tertiary alicyclic amines) is 1. The Morgan fingerprint density at radius 3 is 2.95 bits per heavy atom. The van der Waals surface area contributed by atoms with Crippen molar-refractivity contribution in [1.82, 2.24) is 15.1 Å². The number of hydrogen-bond donors (Lipinski definition) is 2. The Hall–Kier alpha value is -2.37. The topological polar surface area (TPSA) is 86.3 Å². The minimum Gasteiger partial charge on any atom is -0.480 e. The summed E-state index contributed by atoms with van der Waals surface area (Å²) in [6.07, 6.45) is 4.87. The molecule has 1 unspecified atom stereocenters. The van der Waals surface area contributed by atoms with Crippen LogP contribution in [0.1, 0.15) is 36.0 Å². The summed E-state index contributed by atoms with van der Waals surface area (Å²) in [6.45, 7) is 0.497. The number of aromatic nitrogens is 2. The molecule has 1 saturated heterocycles. The molecule has 2 aromatic rings. The van der Waals surface area contributed by atoms with E-state index in [9.17, 15) is 14.7 Å². The molecule has 21 heavy (non-hydrogen) atoms. The lowest BCUT2D eigenvalue weighted by Gasteiger charge is -2.27. The van der Waals surface area contributed by atoms with Crippen molar-refractivity contribution in [2.24, 2.45) is 0 Å². The number of fused-ring (bicyclic) bond motifs is 1. The summed E-state index contributed by atoms with van der Waals surface area (Å²) in [5, 5.41) is 17.0.